The topological polar surface area (TPSA) is 20.2 Å². The third-order valence-corrected chi connectivity index (χ3v) is 4.57. The Kier molecular flexibility index (Phi) is 4.45. The summed E-state index contributed by atoms with van der Waals surface area (Å²) in [5, 5.41) is 10.6. The molecule has 1 nitrogen and oxygen atoms in total. The minimum atomic E-state index is -0.350. The third-order valence-electron chi connectivity index (χ3n) is 4.57. The first-order valence-electron chi connectivity index (χ1n) is 6.99. The van der Waals surface area contributed by atoms with Gasteiger partial charge in [0.05, 0.1) is 5.60 Å². The molecule has 0 aromatic carbocycles. The second kappa shape index (κ2) is 5.08. The molecule has 0 heterocycles. The molecule has 1 saturated carbocycles. The van der Waals surface area contributed by atoms with E-state index >= 15 is 0 Å². The zero-order valence-electron chi connectivity index (χ0n) is 11.8. The second-order valence-corrected chi connectivity index (χ2v) is 7.08. The molecule has 0 aromatic rings. The molecule has 1 fully saturated rings. The van der Waals surface area contributed by atoms with E-state index in [9.17, 15) is 5.11 Å². The van der Waals surface area contributed by atoms with Gasteiger partial charge in [-0.15, -0.1) is 0 Å². The van der Waals surface area contributed by atoms with Crippen molar-refractivity contribution in [3.63, 3.8) is 0 Å². The summed E-state index contributed by atoms with van der Waals surface area (Å²) < 4.78 is 0. The number of hydrogen-bond acceptors (Lipinski definition) is 1. The maximum atomic E-state index is 10.6. The van der Waals surface area contributed by atoms with Crippen molar-refractivity contribution in [2.75, 3.05) is 0 Å². The van der Waals surface area contributed by atoms with E-state index in [0.717, 1.165) is 25.2 Å². The van der Waals surface area contributed by atoms with E-state index in [1.54, 1.807) is 0 Å². The van der Waals surface area contributed by atoms with Crippen LogP contribution < -0.4 is 0 Å². The lowest BCUT2D eigenvalue weighted by atomic mass is 9.67. The van der Waals surface area contributed by atoms with Gasteiger partial charge in [0.15, 0.2) is 0 Å². The summed E-state index contributed by atoms with van der Waals surface area (Å²) in [6.07, 6.45) is 6.62. The first-order chi connectivity index (χ1) is 7.27. The summed E-state index contributed by atoms with van der Waals surface area (Å²) in [6, 6.07) is 0. The fraction of sp³-hybridized carbons (Fsp3) is 1.00. The molecule has 0 bridgehead atoms. The van der Waals surface area contributed by atoms with Crippen molar-refractivity contribution in [3.8, 4) is 0 Å². The lowest BCUT2D eigenvalue weighted by Gasteiger charge is -2.42. The Bertz CT molecular complexity index is 206. The lowest BCUT2D eigenvalue weighted by molar-refractivity contribution is -0.0411. The van der Waals surface area contributed by atoms with Gasteiger partial charge in [0.1, 0.15) is 0 Å². The van der Waals surface area contributed by atoms with Crippen LogP contribution in [-0.4, -0.2) is 10.7 Å². The molecule has 1 rings (SSSR count). The van der Waals surface area contributed by atoms with Crippen LogP contribution in [0, 0.1) is 17.3 Å². The summed E-state index contributed by atoms with van der Waals surface area (Å²) in [4.78, 5) is 0. The van der Waals surface area contributed by atoms with Crippen molar-refractivity contribution in [1.82, 2.24) is 0 Å². The van der Waals surface area contributed by atoms with Gasteiger partial charge in [-0.1, -0.05) is 41.0 Å². The molecule has 1 heteroatoms. The van der Waals surface area contributed by atoms with Crippen molar-refractivity contribution in [1.29, 1.82) is 0 Å². The maximum Gasteiger partial charge on any atom is 0.0650 e. The minimum absolute atomic E-state index is 0.350. The van der Waals surface area contributed by atoms with Gasteiger partial charge in [0.2, 0.25) is 0 Å². The number of hydrogen-bond donors (Lipinski definition) is 1. The van der Waals surface area contributed by atoms with Crippen molar-refractivity contribution < 1.29 is 5.11 Å². The van der Waals surface area contributed by atoms with Crippen LogP contribution in [0.2, 0.25) is 0 Å². The Morgan fingerprint density at radius 1 is 1.25 bits per heavy atom. The quantitative estimate of drug-likeness (QED) is 0.756. The van der Waals surface area contributed by atoms with Gasteiger partial charge in [-0.2, -0.15) is 0 Å². The van der Waals surface area contributed by atoms with Crippen LogP contribution in [0.15, 0.2) is 0 Å². The van der Waals surface area contributed by atoms with Crippen molar-refractivity contribution >= 4 is 0 Å². The lowest BCUT2D eigenvalue weighted by Crippen LogP contribution is -2.38. The maximum absolute atomic E-state index is 10.6. The highest BCUT2D eigenvalue weighted by Gasteiger charge is 2.37. The Hall–Kier alpha value is -0.0400. The van der Waals surface area contributed by atoms with E-state index in [1.807, 2.05) is 0 Å². The average molecular weight is 226 g/mol. The van der Waals surface area contributed by atoms with Gasteiger partial charge in [-0.25, -0.2) is 0 Å². The first-order valence-corrected chi connectivity index (χ1v) is 6.99. The van der Waals surface area contributed by atoms with Crippen molar-refractivity contribution in [3.05, 3.63) is 0 Å². The van der Waals surface area contributed by atoms with Gasteiger partial charge < -0.3 is 5.11 Å². The molecule has 1 N–H and O–H groups in total. The molecule has 0 radical (unpaired) electrons. The highest BCUT2D eigenvalue weighted by molar-refractivity contribution is 4.89. The Balaban J connectivity index is 2.47. The molecule has 0 aliphatic heterocycles. The summed E-state index contributed by atoms with van der Waals surface area (Å²) >= 11 is 0. The molecule has 0 spiro atoms. The van der Waals surface area contributed by atoms with Crippen LogP contribution in [0.3, 0.4) is 0 Å². The highest BCUT2D eigenvalue weighted by atomic mass is 16.3. The molecule has 1 aliphatic carbocycles. The largest absolute Gasteiger partial charge is 0.390 e. The smallest absolute Gasteiger partial charge is 0.0650 e. The third kappa shape index (κ3) is 3.76. The predicted octanol–water partition coefficient (Wildman–Crippen LogP) is 4.39. The summed E-state index contributed by atoms with van der Waals surface area (Å²) in [5.74, 6) is 1.46. The van der Waals surface area contributed by atoms with Crippen molar-refractivity contribution in [2.24, 2.45) is 17.3 Å². The van der Waals surface area contributed by atoms with E-state index in [1.165, 1.54) is 19.3 Å². The fourth-order valence-corrected chi connectivity index (χ4v) is 3.02. The van der Waals surface area contributed by atoms with Gasteiger partial charge in [-0.05, 0) is 49.4 Å². The van der Waals surface area contributed by atoms with E-state index < -0.39 is 0 Å². The molecule has 1 atom stereocenters. The van der Waals surface area contributed by atoms with E-state index in [4.69, 9.17) is 0 Å². The first kappa shape index (κ1) is 14.0. The molecule has 16 heavy (non-hydrogen) atoms. The summed E-state index contributed by atoms with van der Waals surface area (Å²) in [5.41, 5.74) is 0.0644. The molecular weight excluding hydrogens is 196 g/mol. The van der Waals surface area contributed by atoms with E-state index in [-0.39, 0.29) is 5.60 Å². The van der Waals surface area contributed by atoms with Crippen molar-refractivity contribution in [2.45, 2.75) is 78.7 Å². The van der Waals surface area contributed by atoms with Gasteiger partial charge >= 0.3 is 0 Å². The van der Waals surface area contributed by atoms with Crippen LogP contribution in [-0.2, 0) is 0 Å². The highest BCUT2D eigenvalue weighted by Crippen LogP contribution is 2.43. The molecule has 0 saturated heterocycles. The molecule has 1 aliphatic rings. The van der Waals surface area contributed by atoms with Gasteiger partial charge in [0, 0.05) is 0 Å². The molecule has 0 aromatic heterocycles. The Labute approximate surface area is 102 Å². The predicted molar refractivity (Wildman–Crippen MR) is 70.4 cm³/mol. The molecule has 1 unspecified atom stereocenters. The number of aliphatic hydroxyl groups is 1. The average Bonchev–Trinajstić information content (AvgIpc) is 2.16. The summed E-state index contributed by atoms with van der Waals surface area (Å²) in [6.45, 7) is 11.5. The standard InChI is InChI=1S/C15H30O/c1-6-12(2)11-15(16)9-7-13(8-10-15)14(3,4)5/h12-13,16H,6-11H2,1-5H3. The fourth-order valence-electron chi connectivity index (χ4n) is 3.02. The van der Waals surface area contributed by atoms with Crippen LogP contribution in [0.25, 0.3) is 0 Å². The Morgan fingerprint density at radius 3 is 2.12 bits per heavy atom. The zero-order chi connectivity index (χ0) is 12.4. The van der Waals surface area contributed by atoms with Crippen LogP contribution in [0.4, 0.5) is 0 Å². The Morgan fingerprint density at radius 2 is 1.75 bits per heavy atom. The molecule has 96 valence electrons. The van der Waals surface area contributed by atoms with Crippen LogP contribution in [0.5, 0.6) is 0 Å². The normalized spacial score (nSPS) is 33.8. The number of rotatable bonds is 3. The SMILES string of the molecule is CCC(C)CC1(O)CCC(C(C)(C)C)CC1. The summed E-state index contributed by atoms with van der Waals surface area (Å²) in [7, 11) is 0. The van der Waals surface area contributed by atoms with Crippen LogP contribution >= 0.6 is 0 Å². The monoisotopic (exact) mass is 226 g/mol. The zero-order valence-corrected chi connectivity index (χ0v) is 11.8. The van der Waals surface area contributed by atoms with E-state index in [2.05, 4.69) is 34.6 Å². The minimum Gasteiger partial charge on any atom is -0.390 e. The molecular formula is C15H30O. The van der Waals surface area contributed by atoms with Gasteiger partial charge in [-0.3, -0.25) is 0 Å². The molecule has 0 amide bonds. The second-order valence-electron chi connectivity index (χ2n) is 7.08. The van der Waals surface area contributed by atoms with E-state index in [0.29, 0.717) is 11.3 Å². The van der Waals surface area contributed by atoms with Crippen LogP contribution in [0.1, 0.15) is 73.1 Å². The van der Waals surface area contributed by atoms with Gasteiger partial charge in [0.25, 0.3) is 0 Å².